The smallest absolute Gasteiger partial charge is 0.305 e. The Kier molecular flexibility index (Phi) is 19.7. The zero-order chi connectivity index (χ0) is 25.5. The molecule has 0 aliphatic carbocycles. The molecule has 0 amide bonds. The first-order chi connectivity index (χ1) is 17.1. The van der Waals surface area contributed by atoms with Gasteiger partial charge < -0.3 is 9.47 Å². The average Bonchev–Trinajstić information content (AvgIpc) is 2.86. The second-order valence-corrected chi connectivity index (χ2v) is 10.7. The van der Waals surface area contributed by atoms with E-state index in [0.717, 1.165) is 12.8 Å². The number of hydrogen-bond acceptors (Lipinski definition) is 6. The molecular formula is C28H48O6S. The standard InChI is InChI=1S/C28H48O6S/c1-2-3-4-5-6-7-8-9-10-11-12-13-14-15-19-22-28(29)33-25-23-32-24-26-34-35(30,31)27-20-17-16-18-21-27/h16-18,20-21H,2-15,19,22-26H2,1H3. The van der Waals surface area contributed by atoms with E-state index in [2.05, 4.69) is 6.92 Å². The zero-order valence-electron chi connectivity index (χ0n) is 21.9. The minimum atomic E-state index is -3.76. The van der Waals surface area contributed by atoms with Gasteiger partial charge in [-0.25, -0.2) is 0 Å². The van der Waals surface area contributed by atoms with Crippen LogP contribution in [0.5, 0.6) is 0 Å². The first-order valence-electron chi connectivity index (χ1n) is 13.7. The Bertz CT molecular complexity index is 720. The van der Waals surface area contributed by atoms with Gasteiger partial charge in [0, 0.05) is 6.42 Å². The van der Waals surface area contributed by atoms with Gasteiger partial charge in [-0.1, -0.05) is 115 Å². The van der Waals surface area contributed by atoms with E-state index in [1.807, 2.05) is 0 Å². The Labute approximate surface area is 214 Å². The van der Waals surface area contributed by atoms with Crippen LogP contribution in [0.4, 0.5) is 0 Å². The fraction of sp³-hybridized carbons (Fsp3) is 0.750. The largest absolute Gasteiger partial charge is 0.463 e. The molecule has 0 heterocycles. The van der Waals surface area contributed by atoms with Crippen molar-refractivity contribution in [1.29, 1.82) is 0 Å². The maximum atomic E-state index is 11.9. The van der Waals surface area contributed by atoms with E-state index in [0.29, 0.717) is 6.42 Å². The second-order valence-electron chi connectivity index (χ2n) is 9.12. The Balaban J connectivity index is 1.81. The number of rotatable bonds is 24. The maximum absolute atomic E-state index is 11.9. The Morgan fingerprint density at radius 3 is 1.69 bits per heavy atom. The first kappa shape index (κ1) is 31.6. The predicted octanol–water partition coefficient (Wildman–Crippen LogP) is 7.21. The number of unbranched alkanes of at least 4 members (excludes halogenated alkanes) is 14. The quantitative estimate of drug-likeness (QED) is 0.0827. The highest BCUT2D eigenvalue weighted by molar-refractivity contribution is 7.86. The molecular weight excluding hydrogens is 464 g/mol. The third-order valence-electron chi connectivity index (χ3n) is 5.97. The molecule has 1 aromatic rings. The van der Waals surface area contributed by atoms with Crippen LogP contribution in [0.3, 0.4) is 0 Å². The van der Waals surface area contributed by atoms with E-state index in [9.17, 15) is 13.2 Å². The molecule has 6 nitrogen and oxygen atoms in total. The van der Waals surface area contributed by atoms with E-state index in [4.69, 9.17) is 13.7 Å². The van der Waals surface area contributed by atoms with Gasteiger partial charge in [0.25, 0.3) is 10.1 Å². The summed E-state index contributed by atoms with van der Waals surface area (Å²) in [5.74, 6) is -0.203. The lowest BCUT2D eigenvalue weighted by Gasteiger charge is -2.07. The van der Waals surface area contributed by atoms with Gasteiger partial charge in [0.1, 0.15) is 6.61 Å². The number of carbonyl (C=O) groups is 1. The summed E-state index contributed by atoms with van der Waals surface area (Å²) >= 11 is 0. The van der Waals surface area contributed by atoms with Crippen LogP contribution in [-0.2, 0) is 28.6 Å². The van der Waals surface area contributed by atoms with Crippen LogP contribution >= 0.6 is 0 Å². The van der Waals surface area contributed by atoms with Crippen LogP contribution in [0.2, 0.25) is 0 Å². The summed E-state index contributed by atoms with van der Waals surface area (Å²) in [4.78, 5) is 11.9. The predicted molar refractivity (Wildman–Crippen MR) is 141 cm³/mol. The van der Waals surface area contributed by atoms with Crippen LogP contribution in [-0.4, -0.2) is 40.8 Å². The minimum absolute atomic E-state index is 0.0791. The van der Waals surface area contributed by atoms with Crippen LogP contribution in [0, 0.1) is 0 Å². The molecule has 0 fully saturated rings. The number of ether oxygens (including phenoxy) is 2. The molecule has 0 saturated carbocycles. The average molecular weight is 513 g/mol. The summed E-state index contributed by atoms with van der Waals surface area (Å²) in [6, 6.07) is 7.98. The van der Waals surface area contributed by atoms with Gasteiger partial charge in [0.2, 0.25) is 0 Å². The lowest BCUT2D eigenvalue weighted by Crippen LogP contribution is -2.15. The Hall–Kier alpha value is -1.44. The van der Waals surface area contributed by atoms with Gasteiger partial charge in [0.15, 0.2) is 0 Å². The summed E-state index contributed by atoms with van der Waals surface area (Å²) in [5, 5.41) is 0. The first-order valence-corrected chi connectivity index (χ1v) is 15.1. The molecule has 35 heavy (non-hydrogen) atoms. The SMILES string of the molecule is CCCCCCCCCCCCCCCCCC(=O)OCCOCCOS(=O)(=O)c1ccccc1. The Morgan fingerprint density at radius 2 is 1.14 bits per heavy atom. The van der Waals surface area contributed by atoms with Gasteiger partial charge in [-0.3, -0.25) is 8.98 Å². The van der Waals surface area contributed by atoms with E-state index in [1.54, 1.807) is 18.2 Å². The number of benzene rings is 1. The fourth-order valence-electron chi connectivity index (χ4n) is 3.89. The van der Waals surface area contributed by atoms with Crippen molar-refractivity contribution in [3.63, 3.8) is 0 Å². The minimum Gasteiger partial charge on any atom is -0.463 e. The molecule has 0 aliphatic heterocycles. The van der Waals surface area contributed by atoms with Gasteiger partial charge in [-0.05, 0) is 18.6 Å². The Morgan fingerprint density at radius 1 is 0.657 bits per heavy atom. The number of carbonyl (C=O) groups excluding carboxylic acids is 1. The maximum Gasteiger partial charge on any atom is 0.305 e. The normalized spacial score (nSPS) is 11.6. The van der Waals surface area contributed by atoms with Crippen molar-refractivity contribution in [2.45, 2.75) is 115 Å². The van der Waals surface area contributed by atoms with Crippen molar-refractivity contribution in [3.05, 3.63) is 30.3 Å². The third kappa shape index (κ3) is 18.5. The van der Waals surface area contributed by atoms with Gasteiger partial charge in [-0.15, -0.1) is 0 Å². The van der Waals surface area contributed by atoms with Crippen molar-refractivity contribution in [2.24, 2.45) is 0 Å². The molecule has 0 unspecified atom stereocenters. The summed E-state index contributed by atoms with van der Waals surface area (Å²) in [6.45, 7) is 2.69. The topological polar surface area (TPSA) is 78.9 Å². The fourth-order valence-corrected chi connectivity index (χ4v) is 4.80. The summed E-state index contributed by atoms with van der Waals surface area (Å²) < 4.78 is 39.2. The molecule has 0 radical (unpaired) electrons. The van der Waals surface area contributed by atoms with Gasteiger partial charge in [-0.2, -0.15) is 8.42 Å². The summed E-state index contributed by atoms with van der Waals surface area (Å²) in [5.41, 5.74) is 0. The van der Waals surface area contributed by atoms with Crippen molar-refractivity contribution in [3.8, 4) is 0 Å². The molecule has 0 N–H and O–H groups in total. The van der Waals surface area contributed by atoms with E-state index in [1.165, 1.54) is 95.6 Å². The van der Waals surface area contributed by atoms with Crippen LogP contribution in [0.1, 0.15) is 110 Å². The lowest BCUT2D eigenvalue weighted by atomic mass is 10.0. The second kappa shape index (κ2) is 21.8. The van der Waals surface area contributed by atoms with E-state index >= 15 is 0 Å². The summed E-state index contributed by atoms with van der Waals surface area (Å²) in [7, 11) is -3.76. The molecule has 1 rings (SSSR count). The van der Waals surface area contributed by atoms with Crippen LogP contribution in [0.15, 0.2) is 35.2 Å². The number of esters is 1. The molecule has 7 heteroatoms. The molecule has 0 saturated heterocycles. The van der Waals surface area contributed by atoms with Gasteiger partial charge in [0.05, 0.1) is 24.7 Å². The van der Waals surface area contributed by atoms with Crippen molar-refractivity contribution in [2.75, 3.05) is 26.4 Å². The molecule has 1 aromatic carbocycles. The molecule has 202 valence electrons. The van der Waals surface area contributed by atoms with Gasteiger partial charge >= 0.3 is 5.97 Å². The third-order valence-corrected chi connectivity index (χ3v) is 7.30. The lowest BCUT2D eigenvalue weighted by molar-refractivity contribution is -0.145. The highest BCUT2D eigenvalue weighted by Gasteiger charge is 2.13. The van der Waals surface area contributed by atoms with Crippen molar-refractivity contribution >= 4 is 16.1 Å². The number of hydrogen-bond donors (Lipinski definition) is 0. The monoisotopic (exact) mass is 512 g/mol. The van der Waals surface area contributed by atoms with Crippen molar-refractivity contribution in [1.82, 2.24) is 0 Å². The zero-order valence-corrected chi connectivity index (χ0v) is 22.7. The molecule has 0 atom stereocenters. The molecule has 0 aliphatic rings. The highest BCUT2D eigenvalue weighted by Crippen LogP contribution is 2.14. The van der Waals surface area contributed by atoms with Crippen LogP contribution < -0.4 is 0 Å². The van der Waals surface area contributed by atoms with Crippen molar-refractivity contribution < 1.29 is 26.9 Å². The van der Waals surface area contributed by atoms with Crippen LogP contribution in [0.25, 0.3) is 0 Å². The molecule has 0 aromatic heterocycles. The molecule has 0 spiro atoms. The van der Waals surface area contributed by atoms with E-state index in [-0.39, 0.29) is 37.3 Å². The van der Waals surface area contributed by atoms with E-state index < -0.39 is 10.1 Å². The molecule has 0 bridgehead atoms. The highest BCUT2D eigenvalue weighted by atomic mass is 32.2. The summed E-state index contributed by atoms with van der Waals surface area (Å²) in [6.07, 6.45) is 19.9.